The van der Waals surface area contributed by atoms with Crippen molar-refractivity contribution in [2.24, 2.45) is 0 Å². The van der Waals surface area contributed by atoms with Crippen LogP contribution >= 0.6 is 0 Å². The van der Waals surface area contributed by atoms with Crippen molar-refractivity contribution < 1.29 is 9.47 Å². The number of ether oxygens (including phenoxy) is 2. The molecule has 0 spiro atoms. The standard InChI is InChI=1S/C13H22N2O3/c1-9(2)12-14-10(16)8-11(15-12)17-6-7-18-13(3,4)5/h8-9H,6-7H2,1-5H3,(H,14,15,16). The summed E-state index contributed by atoms with van der Waals surface area (Å²) < 4.78 is 10.9. The van der Waals surface area contributed by atoms with Crippen LogP contribution in [0.15, 0.2) is 10.9 Å². The number of nitrogens with one attached hydrogen (secondary N) is 1. The minimum Gasteiger partial charge on any atom is -0.475 e. The lowest BCUT2D eigenvalue weighted by Crippen LogP contribution is -2.23. The van der Waals surface area contributed by atoms with Gasteiger partial charge < -0.3 is 14.5 Å². The first-order valence-electron chi connectivity index (χ1n) is 6.16. The van der Waals surface area contributed by atoms with Gasteiger partial charge in [-0.05, 0) is 20.8 Å². The predicted molar refractivity (Wildman–Crippen MR) is 70.1 cm³/mol. The van der Waals surface area contributed by atoms with E-state index in [0.29, 0.717) is 24.9 Å². The lowest BCUT2D eigenvalue weighted by Gasteiger charge is -2.19. The second-order valence-corrected chi connectivity index (χ2v) is 5.43. The zero-order valence-electron chi connectivity index (χ0n) is 11.7. The van der Waals surface area contributed by atoms with Crippen LogP contribution in [0.4, 0.5) is 0 Å². The minimum absolute atomic E-state index is 0.159. The summed E-state index contributed by atoms with van der Waals surface area (Å²) in [6.07, 6.45) is 0. The van der Waals surface area contributed by atoms with Gasteiger partial charge in [-0.25, -0.2) is 0 Å². The summed E-state index contributed by atoms with van der Waals surface area (Å²) in [6, 6.07) is 1.35. The van der Waals surface area contributed by atoms with E-state index >= 15 is 0 Å². The fourth-order valence-electron chi connectivity index (χ4n) is 1.29. The van der Waals surface area contributed by atoms with Crippen molar-refractivity contribution in [1.82, 2.24) is 9.97 Å². The molecule has 1 aromatic heterocycles. The van der Waals surface area contributed by atoms with Gasteiger partial charge in [0.15, 0.2) is 0 Å². The number of rotatable bonds is 5. The van der Waals surface area contributed by atoms with Crippen molar-refractivity contribution in [2.45, 2.75) is 46.1 Å². The molecular formula is C13H22N2O3. The summed E-state index contributed by atoms with van der Waals surface area (Å²) in [5.74, 6) is 1.14. The Labute approximate surface area is 108 Å². The predicted octanol–water partition coefficient (Wildman–Crippen LogP) is 2.09. The summed E-state index contributed by atoms with van der Waals surface area (Å²) in [4.78, 5) is 18.3. The summed E-state index contributed by atoms with van der Waals surface area (Å²) in [6.45, 7) is 10.7. The van der Waals surface area contributed by atoms with E-state index in [0.717, 1.165) is 0 Å². The van der Waals surface area contributed by atoms with Crippen molar-refractivity contribution in [3.05, 3.63) is 22.2 Å². The maximum atomic E-state index is 11.4. The number of aromatic nitrogens is 2. The fraction of sp³-hybridized carbons (Fsp3) is 0.692. The number of aromatic amines is 1. The number of H-pyrrole nitrogens is 1. The van der Waals surface area contributed by atoms with E-state index in [1.165, 1.54) is 6.07 Å². The second kappa shape index (κ2) is 6.00. The minimum atomic E-state index is -0.194. The Hall–Kier alpha value is -1.36. The van der Waals surface area contributed by atoms with Gasteiger partial charge in [0.2, 0.25) is 5.88 Å². The molecule has 1 rings (SSSR count). The van der Waals surface area contributed by atoms with E-state index in [4.69, 9.17) is 9.47 Å². The Bertz CT molecular complexity index is 433. The number of hydrogen-bond acceptors (Lipinski definition) is 4. The molecular weight excluding hydrogens is 232 g/mol. The molecule has 5 heteroatoms. The van der Waals surface area contributed by atoms with Crippen molar-refractivity contribution in [2.75, 3.05) is 13.2 Å². The van der Waals surface area contributed by atoms with Crippen molar-refractivity contribution >= 4 is 0 Å². The molecule has 0 saturated carbocycles. The first-order valence-corrected chi connectivity index (χ1v) is 6.16. The third-order valence-electron chi connectivity index (χ3n) is 2.15. The molecule has 18 heavy (non-hydrogen) atoms. The van der Waals surface area contributed by atoms with Gasteiger partial charge in [0, 0.05) is 5.92 Å². The Balaban J connectivity index is 2.55. The van der Waals surface area contributed by atoms with Crippen molar-refractivity contribution in [1.29, 1.82) is 0 Å². The van der Waals surface area contributed by atoms with Gasteiger partial charge >= 0.3 is 0 Å². The first-order chi connectivity index (χ1) is 8.28. The molecule has 0 radical (unpaired) electrons. The summed E-state index contributed by atoms with van der Waals surface area (Å²) in [7, 11) is 0. The highest BCUT2D eigenvalue weighted by Gasteiger charge is 2.10. The molecule has 1 aromatic rings. The molecule has 0 bridgehead atoms. The van der Waals surface area contributed by atoms with E-state index in [9.17, 15) is 4.79 Å². The molecule has 0 amide bonds. The summed E-state index contributed by atoms with van der Waals surface area (Å²) in [5.41, 5.74) is -0.381. The van der Waals surface area contributed by atoms with Crippen LogP contribution < -0.4 is 10.3 Å². The third-order valence-corrected chi connectivity index (χ3v) is 2.15. The molecule has 0 unspecified atom stereocenters. The van der Waals surface area contributed by atoms with E-state index in [-0.39, 0.29) is 17.1 Å². The van der Waals surface area contributed by atoms with Crippen molar-refractivity contribution in [3.8, 4) is 5.88 Å². The van der Waals surface area contributed by atoms with Crippen LogP contribution in [-0.2, 0) is 4.74 Å². The second-order valence-electron chi connectivity index (χ2n) is 5.43. The van der Waals surface area contributed by atoms with E-state index in [1.807, 2.05) is 34.6 Å². The van der Waals surface area contributed by atoms with Crippen molar-refractivity contribution in [3.63, 3.8) is 0 Å². The van der Waals surface area contributed by atoms with Crippen LogP contribution in [0.5, 0.6) is 5.88 Å². The molecule has 1 heterocycles. The molecule has 0 fully saturated rings. The highest BCUT2D eigenvalue weighted by atomic mass is 16.5. The van der Waals surface area contributed by atoms with Gasteiger partial charge in [0.25, 0.3) is 5.56 Å². The van der Waals surface area contributed by atoms with Gasteiger partial charge in [-0.1, -0.05) is 13.8 Å². The maximum absolute atomic E-state index is 11.4. The normalized spacial score (nSPS) is 11.9. The van der Waals surface area contributed by atoms with Gasteiger partial charge in [-0.3, -0.25) is 4.79 Å². The van der Waals surface area contributed by atoms with Gasteiger partial charge in [0.05, 0.1) is 18.3 Å². The molecule has 0 atom stereocenters. The molecule has 102 valence electrons. The lowest BCUT2D eigenvalue weighted by atomic mass is 10.2. The van der Waals surface area contributed by atoms with Gasteiger partial charge in [0.1, 0.15) is 12.4 Å². The molecule has 0 saturated heterocycles. The lowest BCUT2D eigenvalue weighted by molar-refractivity contribution is -0.0168. The van der Waals surface area contributed by atoms with E-state index < -0.39 is 0 Å². The Morgan fingerprint density at radius 2 is 2.00 bits per heavy atom. The zero-order chi connectivity index (χ0) is 13.8. The third kappa shape index (κ3) is 5.31. The molecule has 1 N–H and O–H groups in total. The number of nitrogens with zero attached hydrogens (tertiary/aromatic N) is 1. The molecule has 0 aliphatic heterocycles. The average molecular weight is 254 g/mol. The Kier molecular flexibility index (Phi) is 4.90. The fourth-order valence-corrected chi connectivity index (χ4v) is 1.29. The van der Waals surface area contributed by atoms with E-state index in [2.05, 4.69) is 9.97 Å². The van der Waals surface area contributed by atoms with Gasteiger partial charge in [-0.2, -0.15) is 4.98 Å². The Morgan fingerprint density at radius 1 is 1.33 bits per heavy atom. The zero-order valence-corrected chi connectivity index (χ0v) is 11.7. The molecule has 0 aliphatic carbocycles. The van der Waals surface area contributed by atoms with Crippen LogP contribution in [0, 0.1) is 0 Å². The highest BCUT2D eigenvalue weighted by molar-refractivity contribution is 5.10. The van der Waals surface area contributed by atoms with Crippen LogP contribution in [-0.4, -0.2) is 28.8 Å². The molecule has 0 aromatic carbocycles. The summed E-state index contributed by atoms with van der Waals surface area (Å²) in [5, 5.41) is 0. The topological polar surface area (TPSA) is 64.2 Å². The first kappa shape index (κ1) is 14.7. The van der Waals surface area contributed by atoms with Crippen LogP contribution in [0.2, 0.25) is 0 Å². The van der Waals surface area contributed by atoms with Crippen LogP contribution in [0.3, 0.4) is 0 Å². The van der Waals surface area contributed by atoms with Crippen LogP contribution in [0.25, 0.3) is 0 Å². The largest absolute Gasteiger partial charge is 0.475 e. The monoisotopic (exact) mass is 254 g/mol. The maximum Gasteiger partial charge on any atom is 0.254 e. The average Bonchev–Trinajstić information content (AvgIpc) is 2.22. The molecule has 0 aliphatic rings. The smallest absolute Gasteiger partial charge is 0.254 e. The highest BCUT2D eigenvalue weighted by Crippen LogP contribution is 2.11. The van der Waals surface area contributed by atoms with Gasteiger partial charge in [-0.15, -0.1) is 0 Å². The quantitative estimate of drug-likeness (QED) is 0.817. The van der Waals surface area contributed by atoms with E-state index in [1.54, 1.807) is 0 Å². The Morgan fingerprint density at radius 3 is 2.56 bits per heavy atom. The number of hydrogen-bond donors (Lipinski definition) is 1. The molecule has 5 nitrogen and oxygen atoms in total. The SMILES string of the molecule is CC(C)c1nc(OCCOC(C)(C)C)cc(=O)[nH]1. The summed E-state index contributed by atoms with van der Waals surface area (Å²) >= 11 is 0. The van der Waals surface area contributed by atoms with Crippen LogP contribution in [0.1, 0.15) is 46.4 Å².